The molecular formula is C17H26O2. The first kappa shape index (κ1) is 13.3. The van der Waals surface area contributed by atoms with E-state index in [9.17, 15) is 9.59 Å². The molecule has 0 aromatic rings. The van der Waals surface area contributed by atoms with E-state index >= 15 is 0 Å². The van der Waals surface area contributed by atoms with Crippen LogP contribution in [0, 0.1) is 16.2 Å². The topological polar surface area (TPSA) is 34.1 Å². The lowest BCUT2D eigenvalue weighted by molar-refractivity contribution is -0.141. The highest BCUT2D eigenvalue weighted by Gasteiger charge is 2.57. The first-order valence-corrected chi connectivity index (χ1v) is 7.94. The fourth-order valence-corrected chi connectivity index (χ4v) is 4.78. The summed E-state index contributed by atoms with van der Waals surface area (Å²) < 4.78 is 0. The lowest BCUT2D eigenvalue weighted by atomic mass is 9.61. The zero-order valence-electron chi connectivity index (χ0n) is 12.4. The Balaban J connectivity index is 1.82. The first-order chi connectivity index (χ1) is 8.88. The summed E-state index contributed by atoms with van der Waals surface area (Å²) >= 11 is 0. The van der Waals surface area contributed by atoms with E-state index in [1.54, 1.807) is 0 Å². The number of hydrogen-bond acceptors (Lipinski definition) is 2. The zero-order valence-corrected chi connectivity index (χ0v) is 12.4. The van der Waals surface area contributed by atoms with Gasteiger partial charge in [-0.25, -0.2) is 0 Å². The van der Waals surface area contributed by atoms with Crippen LogP contribution in [0.2, 0.25) is 0 Å². The van der Waals surface area contributed by atoms with Gasteiger partial charge in [-0.15, -0.1) is 0 Å². The van der Waals surface area contributed by atoms with Crippen molar-refractivity contribution < 1.29 is 9.59 Å². The third-order valence-electron chi connectivity index (χ3n) is 6.24. The Hall–Kier alpha value is -0.660. The molecule has 19 heavy (non-hydrogen) atoms. The second-order valence-electron chi connectivity index (χ2n) is 8.10. The van der Waals surface area contributed by atoms with Crippen molar-refractivity contribution in [1.29, 1.82) is 0 Å². The van der Waals surface area contributed by atoms with Gasteiger partial charge in [0.15, 0.2) is 0 Å². The van der Waals surface area contributed by atoms with Crippen molar-refractivity contribution >= 4 is 11.6 Å². The number of ketones is 2. The monoisotopic (exact) mass is 262 g/mol. The molecule has 3 fully saturated rings. The molecule has 0 aliphatic heterocycles. The molecule has 3 saturated carbocycles. The van der Waals surface area contributed by atoms with Gasteiger partial charge in [-0.2, -0.15) is 0 Å². The lowest BCUT2D eigenvalue weighted by Gasteiger charge is -2.41. The maximum Gasteiger partial charge on any atom is 0.140 e. The third kappa shape index (κ3) is 2.08. The minimum atomic E-state index is -0.260. The summed E-state index contributed by atoms with van der Waals surface area (Å²) in [6.07, 6.45) is 10.5. The van der Waals surface area contributed by atoms with Crippen LogP contribution in [0.3, 0.4) is 0 Å². The van der Waals surface area contributed by atoms with Crippen LogP contribution in [0.15, 0.2) is 0 Å². The van der Waals surface area contributed by atoms with Gasteiger partial charge in [0.1, 0.15) is 11.6 Å². The number of carbonyl (C=O) groups excluding carboxylic acids is 2. The number of hydrogen-bond donors (Lipinski definition) is 0. The predicted octanol–water partition coefficient (Wildman–Crippen LogP) is 4.07. The van der Waals surface area contributed by atoms with E-state index in [-0.39, 0.29) is 16.2 Å². The number of carbonyl (C=O) groups is 2. The van der Waals surface area contributed by atoms with Crippen LogP contribution in [-0.4, -0.2) is 11.6 Å². The van der Waals surface area contributed by atoms with Crippen LogP contribution in [-0.2, 0) is 9.59 Å². The van der Waals surface area contributed by atoms with E-state index in [2.05, 4.69) is 0 Å². The maximum atomic E-state index is 12.6. The molecule has 0 heterocycles. The van der Waals surface area contributed by atoms with Gasteiger partial charge >= 0.3 is 0 Å². The third-order valence-corrected chi connectivity index (χ3v) is 6.24. The molecule has 0 aromatic heterocycles. The van der Waals surface area contributed by atoms with Crippen LogP contribution in [0.4, 0.5) is 0 Å². The Morgan fingerprint density at radius 2 is 1.47 bits per heavy atom. The van der Waals surface area contributed by atoms with E-state index in [0.717, 1.165) is 25.7 Å². The van der Waals surface area contributed by atoms with Crippen LogP contribution in [0.5, 0.6) is 0 Å². The normalized spacial score (nSPS) is 37.2. The summed E-state index contributed by atoms with van der Waals surface area (Å²) in [5.41, 5.74) is -0.186. The smallest absolute Gasteiger partial charge is 0.140 e. The largest absolute Gasteiger partial charge is 0.299 e. The molecule has 0 N–H and O–H groups in total. The van der Waals surface area contributed by atoms with Crippen LogP contribution in [0.25, 0.3) is 0 Å². The van der Waals surface area contributed by atoms with Crippen LogP contribution >= 0.6 is 0 Å². The minimum Gasteiger partial charge on any atom is -0.299 e. The molecule has 2 nitrogen and oxygen atoms in total. The van der Waals surface area contributed by atoms with E-state index < -0.39 is 0 Å². The molecule has 0 saturated heterocycles. The minimum absolute atomic E-state index is 0.201. The first-order valence-electron chi connectivity index (χ1n) is 7.94. The second-order valence-corrected chi connectivity index (χ2v) is 8.10. The van der Waals surface area contributed by atoms with Crippen LogP contribution < -0.4 is 0 Å². The average Bonchev–Trinajstić information content (AvgIpc) is 2.59. The Bertz CT molecular complexity index is 415. The molecule has 0 unspecified atom stereocenters. The number of rotatable bonds is 0. The Morgan fingerprint density at radius 1 is 0.789 bits per heavy atom. The van der Waals surface area contributed by atoms with Gasteiger partial charge in [0.05, 0.1) is 0 Å². The average molecular weight is 262 g/mol. The van der Waals surface area contributed by atoms with Crippen molar-refractivity contribution in [3.63, 3.8) is 0 Å². The summed E-state index contributed by atoms with van der Waals surface area (Å²) in [5, 5.41) is 0. The van der Waals surface area contributed by atoms with Crippen molar-refractivity contribution in [2.75, 3.05) is 0 Å². The number of Topliss-reactive ketones (excluding diaryl/α,β-unsaturated/α-hetero) is 2. The molecule has 3 aliphatic carbocycles. The maximum absolute atomic E-state index is 12.6. The summed E-state index contributed by atoms with van der Waals surface area (Å²) in [6.45, 7) is 4.08. The second kappa shape index (κ2) is 4.17. The SMILES string of the molecule is CC1(C)CC[C@]2(CC1=O)CC1(CCCCC1)CC2=O. The molecule has 1 atom stereocenters. The molecule has 0 radical (unpaired) electrons. The molecular weight excluding hydrogens is 236 g/mol. The van der Waals surface area contributed by atoms with Gasteiger partial charge in [-0.05, 0) is 37.5 Å². The standard InChI is InChI=1S/C17H26O2/c1-15(2)8-9-17(11-13(15)18)12-16(10-14(17)19)6-4-3-5-7-16/h3-12H2,1-2H3/t17-/m0/s1. The van der Waals surface area contributed by atoms with Gasteiger partial charge in [0, 0.05) is 23.7 Å². The highest BCUT2D eigenvalue weighted by molar-refractivity contribution is 5.96. The zero-order chi connectivity index (χ0) is 13.7. The van der Waals surface area contributed by atoms with Crippen molar-refractivity contribution in [1.82, 2.24) is 0 Å². The van der Waals surface area contributed by atoms with Gasteiger partial charge in [-0.1, -0.05) is 33.1 Å². The Kier molecular flexibility index (Phi) is 2.92. The fourth-order valence-electron chi connectivity index (χ4n) is 4.78. The van der Waals surface area contributed by atoms with E-state index in [0.29, 0.717) is 18.0 Å². The predicted molar refractivity (Wildman–Crippen MR) is 74.8 cm³/mol. The van der Waals surface area contributed by atoms with Gasteiger partial charge in [-0.3, -0.25) is 9.59 Å². The molecule has 0 aromatic carbocycles. The Labute approximate surface area is 116 Å². The highest BCUT2D eigenvalue weighted by atomic mass is 16.1. The summed E-state index contributed by atoms with van der Waals surface area (Å²) in [4.78, 5) is 25.0. The van der Waals surface area contributed by atoms with E-state index in [1.165, 1.54) is 32.1 Å². The van der Waals surface area contributed by atoms with Crippen LogP contribution in [0.1, 0.15) is 78.1 Å². The lowest BCUT2D eigenvalue weighted by Crippen LogP contribution is -2.41. The van der Waals surface area contributed by atoms with E-state index in [1.807, 2.05) is 13.8 Å². The molecule has 106 valence electrons. The van der Waals surface area contributed by atoms with Crippen molar-refractivity contribution in [3.8, 4) is 0 Å². The quantitative estimate of drug-likeness (QED) is 0.659. The van der Waals surface area contributed by atoms with Crippen molar-refractivity contribution in [2.24, 2.45) is 16.2 Å². The van der Waals surface area contributed by atoms with Gasteiger partial charge in [0.25, 0.3) is 0 Å². The summed E-state index contributed by atoms with van der Waals surface area (Å²) in [5.74, 6) is 0.734. The Morgan fingerprint density at radius 3 is 2.11 bits per heavy atom. The van der Waals surface area contributed by atoms with Gasteiger partial charge < -0.3 is 0 Å². The highest BCUT2D eigenvalue weighted by Crippen LogP contribution is 2.60. The molecule has 2 heteroatoms. The molecule has 0 amide bonds. The van der Waals surface area contributed by atoms with Crippen molar-refractivity contribution in [3.05, 3.63) is 0 Å². The molecule has 2 spiro atoms. The van der Waals surface area contributed by atoms with Gasteiger partial charge in [0.2, 0.25) is 0 Å². The van der Waals surface area contributed by atoms with E-state index in [4.69, 9.17) is 0 Å². The molecule has 0 bridgehead atoms. The molecule has 3 aliphatic rings. The fraction of sp³-hybridized carbons (Fsp3) is 0.882. The molecule has 3 rings (SSSR count). The van der Waals surface area contributed by atoms with Crippen molar-refractivity contribution in [2.45, 2.75) is 78.1 Å². The summed E-state index contributed by atoms with van der Waals surface area (Å²) in [6, 6.07) is 0. The summed E-state index contributed by atoms with van der Waals surface area (Å²) in [7, 11) is 0.